The van der Waals surface area contributed by atoms with Gasteiger partial charge in [0.1, 0.15) is 6.73 Å². The molecule has 0 radical (unpaired) electrons. The Morgan fingerprint density at radius 2 is 2.71 bits per heavy atom. The molecule has 0 aromatic rings. The van der Waals surface area contributed by atoms with Gasteiger partial charge in [-0.05, 0) is 11.9 Å². The Kier molecular flexibility index (Phi) is 1.56. The number of nitrogens with one attached hydrogen (secondary N) is 1. The molecule has 0 atom stereocenters. The molecule has 1 aliphatic heterocycles. The molecule has 1 aliphatic rings. The van der Waals surface area contributed by atoms with Crippen molar-refractivity contribution in [1.29, 1.82) is 0 Å². The van der Waals surface area contributed by atoms with Crippen LogP contribution in [0.3, 0.4) is 0 Å². The first-order valence-corrected chi connectivity index (χ1v) is 2.73. The Morgan fingerprint density at radius 1 is 1.86 bits per heavy atom. The SMILES string of the molecule is OCN1NC=CS1. The highest BCUT2D eigenvalue weighted by atomic mass is 32.2. The number of aliphatic hydroxyl groups excluding tert-OH is 1. The van der Waals surface area contributed by atoms with E-state index in [1.807, 2.05) is 5.41 Å². The van der Waals surface area contributed by atoms with Crippen molar-refractivity contribution >= 4 is 11.9 Å². The number of hydrogen-bond donors (Lipinski definition) is 2. The van der Waals surface area contributed by atoms with Crippen LogP contribution in [0.15, 0.2) is 11.6 Å². The third-order valence-electron chi connectivity index (χ3n) is 0.603. The minimum Gasteiger partial charge on any atom is -0.378 e. The molecule has 0 saturated heterocycles. The molecule has 0 unspecified atom stereocenters. The van der Waals surface area contributed by atoms with Gasteiger partial charge in [0.2, 0.25) is 0 Å². The van der Waals surface area contributed by atoms with E-state index >= 15 is 0 Å². The molecule has 0 spiro atoms. The lowest BCUT2D eigenvalue weighted by Crippen LogP contribution is -2.23. The van der Waals surface area contributed by atoms with Crippen molar-refractivity contribution in [2.24, 2.45) is 0 Å². The summed E-state index contributed by atoms with van der Waals surface area (Å²) in [7, 11) is 0. The van der Waals surface area contributed by atoms with E-state index < -0.39 is 0 Å². The average molecular weight is 118 g/mol. The molecule has 1 rings (SSSR count). The van der Waals surface area contributed by atoms with E-state index in [-0.39, 0.29) is 6.73 Å². The molecule has 0 saturated carbocycles. The molecule has 0 aromatic carbocycles. The van der Waals surface area contributed by atoms with Gasteiger partial charge in [-0.25, -0.2) is 0 Å². The van der Waals surface area contributed by atoms with Crippen LogP contribution in [0.1, 0.15) is 0 Å². The first kappa shape index (κ1) is 4.96. The molecule has 1 heterocycles. The van der Waals surface area contributed by atoms with Gasteiger partial charge in [0.05, 0.1) is 0 Å². The molecule has 7 heavy (non-hydrogen) atoms. The maximum absolute atomic E-state index is 8.37. The Bertz CT molecular complexity index is 77.0. The second-order valence-corrected chi connectivity index (χ2v) is 1.98. The van der Waals surface area contributed by atoms with E-state index in [2.05, 4.69) is 5.43 Å². The van der Waals surface area contributed by atoms with Gasteiger partial charge in [-0.3, -0.25) is 0 Å². The molecule has 3 nitrogen and oxygen atoms in total. The zero-order valence-corrected chi connectivity index (χ0v) is 4.48. The van der Waals surface area contributed by atoms with Gasteiger partial charge in [-0.15, -0.1) is 4.41 Å². The van der Waals surface area contributed by atoms with E-state index in [0.29, 0.717) is 0 Å². The first-order valence-electron chi connectivity index (χ1n) is 1.90. The van der Waals surface area contributed by atoms with Crippen LogP contribution >= 0.6 is 11.9 Å². The largest absolute Gasteiger partial charge is 0.378 e. The lowest BCUT2D eigenvalue weighted by Gasteiger charge is -2.07. The monoisotopic (exact) mass is 118 g/mol. The molecule has 0 aliphatic carbocycles. The van der Waals surface area contributed by atoms with E-state index in [1.54, 1.807) is 10.6 Å². The fourth-order valence-electron chi connectivity index (χ4n) is 0.322. The van der Waals surface area contributed by atoms with Gasteiger partial charge >= 0.3 is 0 Å². The molecular weight excluding hydrogens is 112 g/mol. The third-order valence-corrected chi connectivity index (χ3v) is 1.34. The summed E-state index contributed by atoms with van der Waals surface area (Å²) in [4.78, 5) is 0. The topological polar surface area (TPSA) is 35.5 Å². The molecule has 0 bridgehead atoms. The van der Waals surface area contributed by atoms with Crippen molar-refractivity contribution < 1.29 is 5.11 Å². The quantitative estimate of drug-likeness (QED) is 0.470. The predicted molar refractivity (Wildman–Crippen MR) is 28.8 cm³/mol. The van der Waals surface area contributed by atoms with Crippen molar-refractivity contribution in [3.63, 3.8) is 0 Å². The third kappa shape index (κ3) is 1.09. The molecule has 4 heteroatoms. The lowest BCUT2D eigenvalue weighted by molar-refractivity contribution is 0.170. The van der Waals surface area contributed by atoms with Crippen LogP contribution in [-0.2, 0) is 0 Å². The lowest BCUT2D eigenvalue weighted by atomic mass is 11.1. The Hall–Kier alpha value is -0.190. The second-order valence-electron chi connectivity index (χ2n) is 1.06. The van der Waals surface area contributed by atoms with Gasteiger partial charge in [-0.2, -0.15) is 0 Å². The summed E-state index contributed by atoms with van der Waals surface area (Å²) in [6, 6.07) is 0. The van der Waals surface area contributed by atoms with Crippen LogP contribution in [0.25, 0.3) is 0 Å². The molecule has 0 fully saturated rings. The van der Waals surface area contributed by atoms with Crippen LogP contribution in [0.2, 0.25) is 0 Å². The van der Waals surface area contributed by atoms with Crippen LogP contribution < -0.4 is 5.43 Å². The van der Waals surface area contributed by atoms with Crippen LogP contribution in [0.5, 0.6) is 0 Å². The van der Waals surface area contributed by atoms with Crippen molar-refractivity contribution in [3.8, 4) is 0 Å². The van der Waals surface area contributed by atoms with E-state index in [9.17, 15) is 0 Å². The zero-order valence-electron chi connectivity index (χ0n) is 3.66. The van der Waals surface area contributed by atoms with Crippen LogP contribution in [0.4, 0.5) is 0 Å². The van der Waals surface area contributed by atoms with E-state index in [1.165, 1.54) is 11.9 Å². The molecular formula is C3H6N2OS. The molecule has 0 aromatic heterocycles. The maximum Gasteiger partial charge on any atom is 0.124 e. The zero-order chi connectivity index (χ0) is 5.11. The Morgan fingerprint density at radius 3 is 3.00 bits per heavy atom. The summed E-state index contributed by atoms with van der Waals surface area (Å²) in [5.41, 5.74) is 2.77. The number of hydrogen-bond acceptors (Lipinski definition) is 4. The number of rotatable bonds is 1. The van der Waals surface area contributed by atoms with Gasteiger partial charge in [0, 0.05) is 11.6 Å². The number of nitrogens with zero attached hydrogens (tertiary/aromatic N) is 1. The predicted octanol–water partition coefficient (Wildman–Crippen LogP) is -0.124. The fraction of sp³-hybridized carbons (Fsp3) is 0.333. The van der Waals surface area contributed by atoms with Gasteiger partial charge in [0.15, 0.2) is 0 Å². The standard InChI is InChI=1S/C3H6N2OS/c6-3-5-4-1-2-7-5/h1-2,4,6H,3H2. The molecule has 0 amide bonds. The molecule has 2 N–H and O–H groups in total. The number of aliphatic hydroxyl groups is 1. The Labute approximate surface area is 46.1 Å². The minimum atomic E-state index is 0.0394. The highest BCUT2D eigenvalue weighted by Crippen LogP contribution is 2.10. The summed E-state index contributed by atoms with van der Waals surface area (Å²) in [5.74, 6) is 0. The van der Waals surface area contributed by atoms with Crippen LogP contribution in [0, 0.1) is 0 Å². The Balaban J connectivity index is 2.22. The first-order chi connectivity index (χ1) is 3.43. The maximum atomic E-state index is 8.37. The van der Waals surface area contributed by atoms with E-state index in [0.717, 1.165) is 0 Å². The van der Waals surface area contributed by atoms with Gasteiger partial charge in [0.25, 0.3) is 0 Å². The smallest absolute Gasteiger partial charge is 0.124 e. The fourth-order valence-corrected chi connectivity index (χ4v) is 0.779. The van der Waals surface area contributed by atoms with Crippen LogP contribution in [-0.4, -0.2) is 16.3 Å². The summed E-state index contributed by atoms with van der Waals surface area (Å²) in [6.45, 7) is 0.0394. The highest BCUT2D eigenvalue weighted by molar-refractivity contribution is 8.00. The van der Waals surface area contributed by atoms with Gasteiger partial charge < -0.3 is 10.5 Å². The average Bonchev–Trinajstić information content (AvgIpc) is 2.14. The summed E-state index contributed by atoms with van der Waals surface area (Å²) in [5, 5.41) is 10.2. The summed E-state index contributed by atoms with van der Waals surface area (Å²) < 4.78 is 1.60. The van der Waals surface area contributed by atoms with Crippen molar-refractivity contribution in [2.45, 2.75) is 0 Å². The van der Waals surface area contributed by atoms with Gasteiger partial charge in [-0.1, -0.05) is 0 Å². The summed E-state index contributed by atoms with van der Waals surface area (Å²) in [6.07, 6.45) is 1.76. The highest BCUT2D eigenvalue weighted by Gasteiger charge is 2.00. The number of hydrazine groups is 1. The van der Waals surface area contributed by atoms with Crippen molar-refractivity contribution in [1.82, 2.24) is 9.84 Å². The second kappa shape index (κ2) is 2.20. The normalized spacial score (nSPS) is 20.1. The van der Waals surface area contributed by atoms with Crippen molar-refractivity contribution in [3.05, 3.63) is 11.6 Å². The summed E-state index contributed by atoms with van der Waals surface area (Å²) >= 11 is 1.43. The van der Waals surface area contributed by atoms with E-state index in [4.69, 9.17) is 5.11 Å². The van der Waals surface area contributed by atoms with Crippen molar-refractivity contribution in [2.75, 3.05) is 6.73 Å². The molecule has 40 valence electrons. The minimum absolute atomic E-state index is 0.0394.